The number of nitrogens with one attached hydrogen (secondary N) is 3. The van der Waals surface area contributed by atoms with Crippen LogP contribution in [0.25, 0.3) is 0 Å². The maximum atomic E-state index is 12.1. The predicted molar refractivity (Wildman–Crippen MR) is 105 cm³/mol. The highest BCUT2D eigenvalue weighted by molar-refractivity contribution is 7.11. The number of hydrogen-bond donors (Lipinski definition) is 3. The number of rotatable bonds is 8. The minimum Gasteiger partial charge on any atom is -0.497 e. The molecule has 1 aromatic carbocycles. The van der Waals surface area contributed by atoms with E-state index in [1.807, 2.05) is 6.20 Å². The Kier molecular flexibility index (Phi) is 7.88. The molecule has 0 aliphatic heterocycles. The average Bonchev–Trinajstić information content (AvgIpc) is 3.15. The number of thiazole rings is 1. The molecule has 0 radical (unpaired) electrons. The molecular formula is C18H25N5O2S. The quantitative estimate of drug-likeness (QED) is 0.372. The Bertz CT molecular complexity index is 745. The number of carbonyl (C=O) groups excluding carboxylic acids is 1. The van der Waals surface area contributed by atoms with Gasteiger partial charge in [0, 0.05) is 36.8 Å². The number of aliphatic imine (C=N–C) groups is 1. The Balaban J connectivity index is 1.70. The third-order valence-electron chi connectivity index (χ3n) is 3.62. The Morgan fingerprint density at radius 3 is 2.77 bits per heavy atom. The summed E-state index contributed by atoms with van der Waals surface area (Å²) < 4.78 is 5.13. The summed E-state index contributed by atoms with van der Waals surface area (Å²) in [6.07, 6.45) is 2.91. The van der Waals surface area contributed by atoms with Gasteiger partial charge in [0.25, 0.3) is 5.91 Å². The van der Waals surface area contributed by atoms with Crippen LogP contribution in [0.2, 0.25) is 0 Å². The molecule has 0 aliphatic rings. The van der Waals surface area contributed by atoms with Crippen molar-refractivity contribution in [2.45, 2.75) is 19.9 Å². The molecule has 1 amide bonds. The van der Waals surface area contributed by atoms with E-state index in [0.29, 0.717) is 36.9 Å². The van der Waals surface area contributed by atoms with E-state index >= 15 is 0 Å². The highest BCUT2D eigenvalue weighted by Crippen LogP contribution is 2.13. The van der Waals surface area contributed by atoms with Gasteiger partial charge in [0.2, 0.25) is 0 Å². The second kappa shape index (κ2) is 10.4. The van der Waals surface area contributed by atoms with Gasteiger partial charge in [-0.2, -0.15) is 0 Å². The highest BCUT2D eigenvalue weighted by atomic mass is 32.1. The van der Waals surface area contributed by atoms with Gasteiger partial charge in [0.1, 0.15) is 10.8 Å². The standard InChI is InChI=1S/C18H25N5O2S/c1-4-15-11-22-16(26-15)12-23-18(19-2)21-9-8-20-17(24)13-6-5-7-14(10-13)25-3/h5-7,10-11H,4,8-9,12H2,1-3H3,(H,20,24)(H2,19,21,23). The summed E-state index contributed by atoms with van der Waals surface area (Å²) in [5.41, 5.74) is 0.572. The lowest BCUT2D eigenvalue weighted by Gasteiger charge is -2.11. The van der Waals surface area contributed by atoms with Crippen LogP contribution < -0.4 is 20.7 Å². The summed E-state index contributed by atoms with van der Waals surface area (Å²) in [6.45, 7) is 3.78. The lowest BCUT2D eigenvalue weighted by molar-refractivity contribution is 0.0954. The SMILES string of the molecule is CCc1cnc(CNC(=NC)NCCNC(=O)c2cccc(OC)c2)s1. The zero-order valence-corrected chi connectivity index (χ0v) is 16.2. The maximum Gasteiger partial charge on any atom is 0.251 e. The molecule has 0 fully saturated rings. The normalized spacial score (nSPS) is 11.1. The summed E-state index contributed by atoms with van der Waals surface area (Å²) in [6, 6.07) is 7.06. The third kappa shape index (κ3) is 6.03. The van der Waals surface area contributed by atoms with Crippen molar-refractivity contribution in [2.24, 2.45) is 4.99 Å². The molecule has 0 saturated carbocycles. The Hall–Kier alpha value is -2.61. The number of benzene rings is 1. The molecule has 0 saturated heterocycles. The fourth-order valence-corrected chi connectivity index (χ4v) is 3.00. The first-order chi connectivity index (χ1) is 12.7. The van der Waals surface area contributed by atoms with Crippen LogP contribution in [-0.2, 0) is 13.0 Å². The number of guanidine groups is 1. The fourth-order valence-electron chi connectivity index (χ4n) is 2.20. The molecule has 0 atom stereocenters. The molecule has 26 heavy (non-hydrogen) atoms. The van der Waals surface area contributed by atoms with Crippen LogP contribution in [0.4, 0.5) is 0 Å². The van der Waals surface area contributed by atoms with Crippen molar-refractivity contribution in [1.82, 2.24) is 20.9 Å². The van der Waals surface area contributed by atoms with E-state index in [1.54, 1.807) is 49.8 Å². The second-order valence-electron chi connectivity index (χ2n) is 5.41. The molecule has 8 heteroatoms. The van der Waals surface area contributed by atoms with Crippen molar-refractivity contribution in [3.63, 3.8) is 0 Å². The zero-order chi connectivity index (χ0) is 18.8. The smallest absolute Gasteiger partial charge is 0.251 e. The molecule has 0 spiro atoms. The summed E-state index contributed by atoms with van der Waals surface area (Å²) in [5.74, 6) is 1.20. The molecule has 3 N–H and O–H groups in total. The van der Waals surface area contributed by atoms with Crippen LogP contribution in [0.15, 0.2) is 35.5 Å². The number of methoxy groups -OCH3 is 1. The van der Waals surface area contributed by atoms with Gasteiger partial charge in [0.05, 0.1) is 13.7 Å². The van der Waals surface area contributed by atoms with Crippen molar-refractivity contribution >= 4 is 23.2 Å². The summed E-state index contributed by atoms with van der Waals surface area (Å²) >= 11 is 1.69. The van der Waals surface area contributed by atoms with Crippen molar-refractivity contribution in [1.29, 1.82) is 0 Å². The average molecular weight is 375 g/mol. The fraction of sp³-hybridized carbons (Fsp3) is 0.389. The monoisotopic (exact) mass is 375 g/mol. The molecule has 1 heterocycles. The van der Waals surface area contributed by atoms with E-state index in [9.17, 15) is 4.79 Å². The van der Waals surface area contributed by atoms with E-state index in [1.165, 1.54) is 4.88 Å². The zero-order valence-electron chi connectivity index (χ0n) is 15.3. The minimum absolute atomic E-state index is 0.136. The van der Waals surface area contributed by atoms with Crippen molar-refractivity contribution in [2.75, 3.05) is 27.2 Å². The topological polar surface area (TPSA) is 87.6 Å². The van der Waals surface area contributed by atoms with Crippen LogP contribution in [-0.4, -0.2) is 44.1 Å². The Labute approximate surface area is 157 Å². The molecule has 0 bridgehead atoms. The molecule has 0 unspecified atom stereocenters. The molecule has 1 aromatic heterocycles. The summed E-state index contributed by atoms with van der Waals surface area (Å²) in [4.78, 5) is 21.9. The van der Waals surface area contributed by atoms with Crippen molar-refractivity contribution < 1.29 is 9.53 Å². The lowest BCUT2D eigenvalue weighted by Crippen LogP contribution is -2.41. The van der Waals surface area contributed by atoms with Gasteiger partial charge in [-0.15, -0.1) is 11.3 Å². The lowest BCUT2D eigenvalue weighted by atomic mass is 10.2. The summed E-state index contributed by atoms with van der Waals surface area (Å²) in [5, 5.41) is 10.3. The van der Waals surface area contributed by atoms with Crippen molar-refractivity contribution in [3.05, 3.63) is 45.9 Å². The molecule has 2 aromatic rings. The number of nitrogens with zero attached hydrogens (tertiary/aromatic N) is 2. The maximum absolute atomic E-state index is 12.1. The first-order valence-electron chi connectivity index (χ1n) is 8.46. The number of hydrogen-bond acceptors (Lipinski definition) is 5. The molecular weight excluding hydrogens is 350 g/mol. The van der Waals surface area contributed by atoms with Gasteiger partial charge in [-0.25, -0.2) is 4.98 Å². The van der Waals surface area contributed by atoms with Crippen molar-refractivity contribution in [3.8, 4) is 5.75 Å². The minimum atomic E-state index is -0.136. The van der Waals surface area contributed by atoms with E-state index in [4.69, 9.17) is 4.74 Å². The van der Waals surface area contributed by atoms with Crippen LogP contribution in [0.1, 0.15) is 27.2 Å². The van der Waals surface area contributed by atoms with E-state index in [2.05, 4.69) is 32.9 Å². The molecule has 0 aliphatic carbocycles. The number of aromatic nitrogens is 1. The molecule has 2 rings (SSSR count). The van der Waals surface area contributed by atoms with Gasteiger partial charge in [-0.05, 0) is 24.6 Å². The number of ether oxygens (including phenoxy) is 1. The third-order valence-corrected chi connectivity index (χ3v) is 4.76. The van der Waals surface area contributed by atoms with Gasteiger partial charge < -0.3 is 20.7 Å². The van der Waals surface area contributed by atoms with E-state index in [0.717, 1.165) is 11.4 Å². The molecule has 140 valence electrons. The van der Waals surface area contributed by atoms with Crippen LogP contribution in [0.3, 0.4) is 0 Å². The van der Waals surface area contributed by atoms with Crippen LogP contribution >= 0.6 is 11.3 Å². The van der Waals surface area contributed by atoms with E-state index < -0.39 is 0 Å². The highest BCUT2D eigenvalue weighted by Gasteiger charge is 2.06. The summed E-state index contributed by atoms with van der Waals surface area (Å²) in [7, 11) is 3.29. The van der Waals surface area contributed by atoms with Gasteiger partial charge in [-0.3, -0.25) is 9.79 Å². The van der Waals surface area contributed by atoms with Gasteiger partial charge in [-0.1, -0.05) is 13.0 Å². The Morgan fingerprint density at radius 1 is 1.27 bits per heavy atom. The predicted octanol–water partition coefficient (Wildman–Crippen LogP) is 1.81. The first-order valence-corrected chi connectivity index (χ1v) is 9.28. The van der Waals surface area contributed by atoms with Crippen LogP contribution in [0, 0.1) is 0 Å². The number of amides is 1. The van der Waals surface area contributed by atoms with E-state index in [-0.39, 0.29) is 5.91 Å². The molecule has 7 nitrogen and oxygen atoms in total. The first kappa shape index (κ1) is 19.7. The van der Waals surface area contributed by atoms with Crippen LogP contribution in [0.5, 0.6) is 5.75 Å². The Morgan fingerprint density at radius 2 is 2.08 bits per heavy atom. The largest absolute Gasteiger partial charge is 0.497 e. The van der Waals surface area contributed by atoms with Gasteiger partial charge >= 0.3 is 0 Å². The number of aryl methyl sites for hydroxylation is 1. The second-order valence-corrected chi connectivity index (χ2v) is 6.61. The number of carbonyl (C=O) groups is 1. The van der Waals surface area contributed by atoms with Gasteiger partial charge in [0.15, 0.2) is 5.96 Å².